The number of rotatable bonds is 6. The zero-order valence-corrected chi connectivity index (χ0v) is 24.3. The van der Waals surface area contributed by atoms with Crippen LogP contribution in [0, 0.1) is 18.3 Å². The SMILES string of the molecule is COc1ccc(C#N)cc1-c1cc(C)ncc1C(=O)Nc1nc2ccc(-c3ccc(N4CCCS4(=O)=O)cc3)nc2s1. The smallest absolute Gasteiger partial charge is 0.259 e. The second-order valence-electron chi connectivity index (χ2n) is 9.68. The van der Waals surface area contributed by atoms with Crippen molar-refractivity contribution in [2.24, 2.45) is 0 Å². The Hall–Kier alpha value is -4.86. The Labute approximate surface area is 246 Å². The monoisotopic (exact) mass is 596 g/mol. The van der Waals surface area contributed by atoms with Gasteiger partial charge in [-0.3, -0.25) is 19.4 Å². The van der Waals surface area contributed by atoms with E-state index in [1.807, 2.05) is 31.2 Å². The van der Waals surface area contributed by atoms with Crippen molar-refractivity contribution < 1.29 is 17.9 Å². The van der Waals surface area contributed by atoms with Gasteiger partial charge in [-0.15, -0.1) is 0 Å². The van der Waals surface area contributed by atoms with Crippen LogP contribution in [0.15, 0.2) is 66.9 Å². The van der Waals surface area contributed by atoms with Gasteiger partial charge in [0.15, 0.2) is 5.13 Å². The molecule has 3 aromatic heterocycles. The minimum absolute atomic E-state index is 0.168. The topological polar surface area (TPSA) is 138 Å². The first kappa shape index (κ1) is 27.3. The summed E-state index contributed by atoms with van der Waals surface area (Å²) < 4.78 is 31.5. The summed E-state index contributed by atoms with van der Waals surface area (Å²) in [6.07, 6.45) is 2.12. The summed E-state index contributed by atoms with van der Waals surface area (Å²) in [4.78, 5) is 27.7. The largest absolute Gasteiger partial charge is 0.496 e. The number of nitrogens with zero attached hydrogens (tertiary/aromatic N) is 5. The fraction of sp³-hybridized carbons (Fsp3) is 0.167. The maximum Gasteiger partial charge on any atom is 0.259 e. The summed E-state index contributed by atoms with van der Waals surface area (Å²) in [5.74, 6) is 0.288. The van der Waals surface area contributed by atoms with Crippen LogP contribution in [-0.4, -0.2) is 48.7 Å². The van der Waals surface area contributed by atoms with Crippen molar-refractivity contribution in [1.29, 1.82) is 5.26 Å². The molecule has 5 aromatic rings. The molecule has 0 unspecified atom stereocenters. The molecule has 10 nitrogen and oxygen atoms in total. The number of ether oxygens (including phenoxy) is 1. The van der Waals surface area contributed by atoms with Gasteiger partial charge in [-0.25, -0.2) is 18.4 Å². The highest BCUT2D eigenvalue weighted by atomic mass is 32.2. The molecule has 0 atom stereocenters. The lowest BCUT2D eigenvalue weighted by Gasteiger charge is -2.17. The van der Waals surface area contributed by atoms with E-state index in [1.54, 1.807) is 36.4 Å². The maximum absolute atomic E-state index is 13.5. The highest BCUT2D eigenvalue weighted by Gasteiger charge is 2.28. The fourth-order valence-corrected chi connectivity index (χ4v) is 7.27. The van der Waals surface area contributed by atoms with Gasteiger partial charge in [-0.1, -0.05) is 23.5 Å². The number of amides is 1. The average Bonchev–Trinajstić information content (AvgIpc) is 3.57. The number of nitrogens with one attached hydrogen (secondary N) is 1. The molecule has 1 aliphatic heterocycles. The Balaban J connectivity index is 1.27. The van der Waals surface area contributed by atoms with E-state index in [0.29, 0.717) is 73.5 Å². The zero-order valence-electron chi connectivity index (χ0n) is 22.7. The van der Waals surface area contributed by atoms with Crippen LogP contribution in [0.5, 0.6) is 5.75 Å². The number of carbonyl (C=O) groups is 1. The van der Waals surface area contributed by atoms with Gasteiger partial charge in [0.25, 0.3) is 5.91 Å². The number of aryl methyl sites for hydroxylation is 1. The first-order chi connectivity index (χ1) is 20.3. The molecular weight excluding hydrogens is 573 g/mol. The van der Waals surface area contributed by atoms with Crippen LogP contribution < -0.4 is 14.4 Å². The van der Waals surface area contributed by atoms with Gasteiger partial charge in [0, 0.05) is 35.1 Å². The molecule has 12 heteroatoms. The molecule has 0 aliphatic carbocycles. The standard InChI is InChI=1S/C30H24N6O4S2/c1-18-14-22(23-15-19(16-31)4-11-27(23)40-2)24(17-32-18)28(37)35-30-34-26-10-9-25(33-29(26)41-30)20-5-7-21(8-6-20)36-12-3-13-42(36,38)39/h4-11,14-15,17H,3,12-13H2,1-2H3,(H,34,35,37). The Bertz CT molecular complexity index is 2000. The van der Waals surface area contributed by atoms with Gasteiger partial charge in [0.1, 0.15) is 16.1 Å². The van der Waals surface area contributed by atoms with E-state index >= 15 is 0 Å². The number of hydrogen-bond donors (Lipinski definition) is 1. The van der Waals surface area contributed by atoms with E-state index < -0.39 is 15.9 Å². The first-order valence-electron chi connectivity index (χ1n) is 13.0. The van der Waals surface area contributed by atoms with Crippen LogP contribution in [0.2, 0.25) is 0 Å². The lowest BCUT2D eigenvalue weighted by Crippen LogP contribution is -2.24. The third kappa shape index (κ3) is 5.15. The summed E-state index contributed by atoms with van der Waals surface area (Å²) in [7, 11) is -1.71. The van der Waals surface area contributed by atoms with Gasteiger partial charge in [0.05, 0.1) is 41.4 Å². The summed E-state index contributed by atoms with van der Waals surface area (Å²) in [5.41, 5.74) is 5.45. The van der Waals surface area contributed by atoms with E-state index in [1.165, 1.54) is 28.9 Å². The number of thiazole rings is 1. The number of aromatic nitrogens is 3. The normalized spacial score (nSPS) is 14.1. The van der Waals surface area contributed by atoms with Crippen LogP contribution in [-0.2, 0) is 10.0 Å². The van der Waals surface area contributed by atoms with Crippen LogP contribution in [0.1, 0.15) is 28.0 Å². The molecule has 0 bridgehead atoms. The van der Waals surface area contributed by atoms with Crippen molar-refractivity contribution in [2.45, 2.75) is 13.3 Å². The third-order valence-corrected chi connectivity index (χ3v) is 9.68. The molecular formula is C30H24N6O4S2. The molecule has 2 aromatic carbocycles. The second-order valence-corrected chi connectivity index (χ2v) is 12.7. The van der Waals surface area contributed by atoms with Crippen LogP contribution in [0.4, 0.5) is 10.8 Å². The lowest BCUT2D eigenvalue weighted by molar-refractivity contribution is 0.102. The predicted octanol–water partition coefficient (Wildman–Crippen LogP) is 5.40. The van der Waals surface area contributed by atoms with Crippen molar-refractivity contribution in [3.63, 3.8) is 0 Å². The Morgan fingerprint density at radius 3 is 2.60 bits per heavy atom. The highest BCUT2D eigenvalue weighted by molar-refractivity contribution is 7.93. The van der Waals surface area contributed by atoms with E-state index in [4.69, 9.17) is 9.72 Å². The van der Waals surface area contributed by atoms with E-state index in [0.717, 1.165) is 5.56 Å². The van der Waals surface area contributed by atoms with Gasteiger partial charge in [-0.05, 0) is 61.9 Å². The second kappa shape index (κ2) is 10.8. The third-order valence-electron chi connectivity index (χ3n) is 6.93. The number of benzene rings is 2. The van der Waals surface area contributed by atoms with Crippen molar-refractivity contribution in [1.82, 2.24) is 15.0 Å². The molecule has 210 valence electrons. The van der Waals surface area contributed by atoms with Crippen molar-refractivity contribution >= 4 is 48.4 Å². The molecule has 0 saturated carbocycles. The van der Waals surface area contributed by atoms with Gasteiger partial charge >= 0.3 is 0 Å². The Morgan fingerprint density at radius 1 is 1.07 bits per heavy atom. The number of pyridine rings is 2. The number of anilines is 2. The molecule has 1 fully saturated rings. The number of nitriles is 1. The maximum atomic E-state index is 13.5. The Morgan fingerprint density at radius 2 is 1.88 bits per heavy atom. The van der Waals surface area contributed by atoms with Crippen LogP contribution in [0.25, 0.3) is 32.7 Å². The van der Waals surface area contributed by atoms with Gasteiger partial charge < -0.3 is 4.74 Å². The summed E-state index contributed by atoms with van der Waals surface area (Å²) >= 11 is 1.24. The molecule has 0 spiro atoms. The highest BCUT2D eigenvalue weighted by Crippen LogP contribution is 2.35. The van der Waals surface area contributed by atoms with E-state index in [-0.39, 0.29) is 5.75 Å². The molecule has 4 heterocycles. The number of carbonyl (C=O) groups excluding carboxylic acids is 1. The number of hydrogen-bond acceptors (Lipinski definition) is 9. The van der Waals surface area contributed by atoms with Crippen LogP contribution >= 0.6 is 11.3 Å². The van der Waals surface area contributed by atoms with Gasteiger partial charge in [-0.2, -0.15) is 5.26 Å². The quantitative estimate of drug-likeness (QED) is 0.275. The predicted molar refractivity (Wildman–Crippen MR) is 162 cm³/mol. The van der Waals surface area contributed by atoms with E-state index in [2.05, 4.69) is 21.4 Å². The lowest BCUT2D eigenvalue weighted by atomic mass is 9.97. The van der Waals surface area contributed by atoms with Crippen LogP contribution in [0.3, 0.4) is 0 Å². The summed E-state index contributed by atoms with van der Waals surface area (Å²) in [5, 5.41) is 12.7. The van der Waals surface area contributed by atoms with Crippen molar-refractivity contribution in [3.8, 4) is 34.2 Å². The molecule has 1 N–H and O–H groups in total. The molecule has 1 amide bonds. The summed E-state index contributed by atoms with van der Waals surface area (Å²) in [6.45, 7) is 2.31. The summed E-state index contributed by atoms with van der Waals surface area (Å²) in [6, 6.07) is 19.9. The van der Waals surface area contributed by atoms with E-state index in [9.17, 15) is 18.5 Å². The fourth-order valence-electron chi connectivity index (χ4n) is 4.88. The minimum Gasteiger partial charge on any atom is -0.496 e. The first-order valence-corrected chi connectivity index (χ1v) is 15.4. The molecule has 0 radical (unpaired) electrons. The number of sulfonamides is 1. The Kier molecular flexibility index (Phi) is 7.06. The van der Waals surface area contributed by atoms with Gasteiger partial charge in [0.2, 0.25) is 10.0 Å². The molecule has 1 aliphatic rings. The molecule has 6 rings (SSSR count). The minimum atomic E-state index is -3.25. The van der Waals surface area contributed by atoms with Crippen molar-refractivity contribution in [3.05, 3.63) is 83.7 Å². The average molecular weight is 597 g/mol. The van der Waals surface area contributed by atoms with Crippen molar-refractivity contribution in [2.75, 3.05) is 29.0 Å². The zero-order chi connectivity index (χ0) is 29.4. The molecule has 1 saturated heterocycles. The number of methoxy groups -OCH3 is 1. The number of fused-ring (bicyclic) bond motifs is 1. The molecule has 42 heavy (non-hydrogen) atoms.